The van der Waals surface area contributed by atoms with Crippen LogP contribution in [0.25, 0.3) is 0 Å². The highest BCUT2D eigenvalue weighted by molar-refractivity contribution is 5.99. The molecule has 0 atom stereocenters. The van der Waals surface area contributed by atoms with Crippen LogP contribution in [0.1, 0.15) is 51.3 Å². The quantitative estimate of drug-likeness (QED) is 0.565. The fraction of sp³-hybridized carbons (Fsp3) is 0.286. The molecule has 0 fully saturated rings. The lowest BCUT2D eigenvalue weighted by atomic mass is 10.1. The van der Waals surface area contributed by atoms with Crippen LogP contribution in [0.5, 0.6) is 5.75 Å². The number of hydrogen-bond donors (Lipinski definition) is 2. The van der Waals surface area contributed by atoms with Gasteiger partial charge in [0.1, 0.15) is 5.75 Å². The van der Waals surface area contributed by atoms with Crippen molar-refractivity contribution in [3.63, 3.8) is 0 Å². The highest BCUT2D eigenvalue weighted by Crippen LogP contribution is 2.13. The fourth-order valence-corrected chi connectivity index (χ4v) is 2.25. The van der Waals surface area contributed by atoms with E-state index in [2.05, 4.69) is 29.4 Å². The summed E-state index contributed by atoms with van der Waals surface area (Å²) in [7, 11) is 1.28. The summed E-state index contributed by atoms with van der Waals surface area (Å²) in [6.07, 6.45) is 0.953. The fourth-order valence-electron chi connectivity index (χ4n) is 2.25. The molecule has 7 heteroatoms. The van der Waals surface area contributed by atoms with Gasteiger partial charge in [-0.1, -0.05) is 13.8 Å². The second-order valence-electron chi connectivity index (χ2n) is 6.53. The summed E-state index contributed by atoms with van der Waals surface area (Å²) in [5, 5.41) is 0. The Kier molecular flexibility index (Phi) is 7.56. The van der Waals surface area contributed by atoms with Gasteiger partial charge in [-0.2, -0.15) is 0 Å². The molecule has 0 aliphatic rings. The van der Waals surface area contributed by atoms with Crippen LogP contribution >= 0.6 is 0 Å². The van der Waals surface area contributed by atoms with E-state index in [0.29, 0.717) is 35.0 Å². The van der Waals surface area contributed by atoms with Crippen molar-refractivity contribution in [2.75, 3.05) is 13.7 Å². The van der Waals surface area contributed by atoms with Crippen molar-refractivity contribution >= 4 is 17.8 Å². The Hall–Kier alpha value is -3.35. The van der Waals surface area contributed by atoms with E-state index in [1.165, 1.54) is 31.4 Å². The van der Waals surface area contributed by atoms with Crippen LogP contribution in [0.15, 0.2) is 48.5 Å². The minimum absolute atomic E-state index is 0.293. The minimum Gasteiger partial charge on any atom is -0.494 e. The molecule has 28 heavy (non-hydrogen) atoms. The van der Waals surface area contributed by atoms with E-state index >= 15 is 0 Å². The molecule has 0 saturated carbocycles. The first kappa shape index (κ1) is 21.0. The van der Waals surface area contributed by atoms with Crippen molar-refractivity contribution in [2.45, 2.75) is 20.3 Å². The molecular weight excluding hydrogens is 360 g/mol. The Bertz CT molecular complexity index is 814. The number of benzene rings is 2. The van der Waals surface area contributed by atoms with Gasteiger partial charge in [-0.25, -0.2) is 4.79 Å². The normalized spacial score (nSPS) is 10.3. The second kappa shape index (κ2) is 10.1. The number of hydrazine groups is 1. The maximum absolute atomic E-state index is 12.1. The Balaban J connectivity index is 1.85. The first-order chi connectivity index (χ1) is 13.4. The molecule has 0 unspecified atom stereocenters. The van der Waals surface area contributed by atoms with Crippen LogP contribution in [-0.2, 0) is 4.74 Å². The standard InChI is InChI=1S/C21H24N2O5/c1-14(2)12-13-28-18-10-8-16(9-11-18)20(25)23-22-19(24)15-4-6-17(7-5-15)21(26)27-3/h4-11,14H,12-13H2,1-3H3,(H,22,24)(H,23,25). The topological polar surface area (TPSA) is 93.7 Å². The van der Waals surface area contributed by atoms with Gasteiger partial charge >= 0.3 is 5.97 Å². The van der Waals surface area contributed by atoms with Crippen LogP contribution in [0.2, 0.25) is 0 Å². The summed E-state index contributed by atoms with van der Waals surface area (Å²) in [6.45, 7) is 4.87. The third kappa shape index (κ3) is 6.12. The number of ether oxygens (including phenoxy) is 2. The maximum Gasteiger partial charge on any atom is 0.337 e. The van der Waals surface area contributed by atoms with E-state index in [-0.39, 0.29) is 0 Å². The van der Waals surface area contributed by atoms with Gasteiger partial charge in [-0.15, -0.1) is 0 Å². The number of amides is 2. The van der Waals surface area contributed by atoms with Crippen molar-refractivity contribution < 1.29 is 23.9 Å². The van der Waals surface area contributed by atoms with Gasteiger partial charge in [-0.05, 0) is 60.9 Å². The first-order valence-corrected chi connectivity index (χ1v) is 8.92. The maximum atomic E-state index is 12.1. The molecule has 0 heterocycles. The molecule has 0 radical (unpaired) electrons. The van der Waals surface area contributed by atoms with E-state index in [4.69, 9.17) is 4.74 Å². The van der Waals surface area contributed by atoms with E-state index in [9.17, 15) is 14.4 Å². The van der Waals surface area contributed by atoms with Crippen molar-refractivity contribution in [2.24, 2.45) is 5.92 Å². The average Bonchev–Trinajstić information content (AvgIpc) is 2.71. The summed E-state index contributed by atoms with van der Waals surface area (Å²) >= 11 is 0. The van der Waals surface area contributed by atoms with Gasteiger partial charge in [0.15, 0.2) is 0 Å². The van der Waals surface area contributed by atoms with Crippen LogP contribution < -0.4 is 15.6 Å². The Morgan fingerprint density at radius 3 is 1.75 bits per heavy atom. The van der Waals surface area contributed by atoms with Crippen molar-refractivity contribution in [1.82, 2.24) is 10.9 Å². The zero-order chi connectivity index (χ0) is 20.5. The van der Waals surface area contributed by atoms with Crippen molar-refractivity contribution in [1.29, 1.82) is 0 Å². The zero-order valence-corrected chi connectivity index (χ0v) is 16.2. The van der Waals surface area contributed by atoms with Gasteiger partial charge in [-0.3, -0.25) is 20.4 Å². The first-order valence-electron chi connectivity index (χ1n) is 8.92. The molecule has 0 aliphatic heterocycles. The number of carbonyl (C=O) groups excluding carboxylic acids is 3. The number of esters is 1. The lowest BCUT2D eigenvalue weighted by Gasteiger charge is -2.10. The molecule has 148 valence electrons. The molecule has 0 saturated heterocycles. The summed E-state index contributed by atoms with van der Waals surface area (Å²) in [4.78, 5) is 35.6. The van der Waals surface area contributed by atoms with Crippen molar-refractivity contribution in [3.05, 3.63) is 65.2 Å². The Morgan fingerprint density at radius 2 is 1.29 bits per heavy atom. The minimum atomic E-state index is -0.501. The molecule has 2 aromatic rings. The van der Waals surface area contributed by atoms with Crippen LogP contribution in [0, 0.1) is 5.92 Å². The molecule has 2 amide bonds. The number of nitrogens with one attached hydrogen (secondary N) is 2. The number of carbonyl (C=O) groups is 3. The molecule has 2 aromatic carbocycles. The molecule has 0 bridgehead atoms. The lowest BCUT2D eigenvalue weighted by molar-refractivity contribution is 0.0600. The molecule has 2 rings (SSSR count). The lowest BCUT2D eigenvalue weighted by Crippen LogP contribution is -2.41. The summed E-state index contributed by atoms with van der Waals surface area (Å²) in [5.41, 5.74) is 5.70. The van der Waals surface area contributed by atoms with Gasteiger partial charge in [0, 0.05) is 11.1 Å². The monoisotopic (exact) mass is 384 g/mol. The molecule has 0 spiro atoms. The number of methoxy groups -OCH3 is 1. The van der Waals surface area contributed by atoms with E-state index in [1.807, 2.05) is 0 Å². The zero-order valence-electron chi connectivity index (χ0n) is 16.2. The summed E-state index contributed by atoms with van der Waals surface area (Å²) in [6, 6.07) is 12.6. The SMILES string of the molecule is COC(=O)c1ccc(C(=O)NNC(=O)c2ccc(OCCC(C)C)cc2)cc1. The van der Waals surface area contributed by atoms with E-state index in [0.717, 1.165) is 6.42 Å². The molecule has 0 aromatic heterocycles. The second-order valence-corrected chi connectivity index (χ2v) is 6.53. The van der Waals surface area contributed by atoms with Gasteiger partial charge in [0.05, 0.1) is 19.3 Å². The van der Waals surface area contributed by atoms with Gasteiger partial charge in [0.2, 0.25) is 0 Å². The predicted molar refractivity (Wildman–Crippen MR) is 104 cm³/mol. The Morgan fingerprint density at radius 1 is 0.821 bits per heavy atom. The summed E-state index contributed by atoms with van der Waals surface area (Å²) < 4.78 is 10.2. The third-order valence-corrected chi connectivity index (χ3v) is 3.94. The number of rotatable bonds is 7. The highest BCUT2D eigenvalue weighted by Gasteiger charge is 2.11. The molecule has 7 nitrogen and oxygen atoms in total. The third-order valence-electron chi connectivity index (χ3n) is 3.94. The van der Waals surface area contributed by atoms with E-state index in [1.54, 1.807) is 24.3 Å². The van der Waals surface area contributed by atoms with Crippen LogP contribution in [-0.4, -0.2) is 31.5 Å². The smallest absolute Gasteiger partial charge is 0.337 e. The van der Waals surface area contributed by atoms with E-state index < -0.39 is 17.8 Å². The van der Waals surface area contributed by atoms with Gasteiger partial charge in [0.25, 0.3) is 11.8 Å². The highest BCUT2D eigenvalue weighted by atomic mass is 16.5. The molecule has 2 N–H and O–H groups in total. The van der Waals surface area contributed by atoms with Crippen LogP contribution in [0.3, 0.4) is 0 Å². The van der Waals surface area contributed by atoms with Crippen molar-refractivity contribution in [3.8, 4) is 5.75 Å². The average molecular weight is 384 g/mol. The Labute approximate surface area is 164 Å². The van der Waals surface area contributed by atoms with Gasteiger partial charge < -0.3 is 9.47 Å². The number of hydrogen-bond acceptors (Lipinski definition) is 5. The van der Waals surface area contributed by atoms with Crippen LogP contribution in [0.4, 0.5) is 0 Å². The predicted octanol–water partition coefficient (Wildman–Crippen LogP) is 2.97. The molecular formula is C21H24N2O5. The summed E-state index contributed by atoms with van der Waals surface area (Å²) in [5.74, 6) is -0.194. The molecule has 0 aliphatic carbocycles. The largest absolute Gasteiger partial charge is 0.494 e.